The minimum Gasteiger partial charge on any atom is -0.389 e. The molecule has 0 spiro atoms. The number of carbonyl (C=O) groups excluding carboxylic acids is 2. The van der Waals surface area contributed by atoms with Gasteiger partial charge in [0.25, 0.3) is 0 Å². The van der Waals surface area contributed by atoms with Gasteiger partial charge in [-0.3, -0.25) is 0 Å². The van der Waals surface area contributed by atoms with Crippen LogP contribution in [-0.2, 0) is 23.1 Å². The summed E-state index contributed by atoms with van der Waals surface area (Å²) in [6.45, 7) is 10.7. The summed E-state index contributed by atoms with van der Waals surface area (Å²) in [6.07, 6.45) is 10.8. The smallest absolute Gasteiger partial charge is 0.322 e. The monoisotopic (exact) mass is 551 g/mol. The molecule has 0 radical (unpaired) electrons. The summed E-state index contributed by atoms with van der Waals surface area (Å²) in [4.78, 5) is 36.8. The number of urea groups is 1. The van der Waals surface area contributed by atoms with E-state index in [0.717, 1.165) is 74.3 Å². The number of aryl methyl sites for hydroxylation is 1. The number of amides is 2. The van der Waals surface area contributed by atoms with Crippen molar-refractivity contribution in [3.63, 3.8) is 0 Å². The third-order valence-corrected chi connectivity index (χ3v) is 8.90. The Balaban J connectivity index is 0.00000112. The second-order valence-corrected chi connectivity index (χ2v) is 12.0. The third kappa shape index (κ3) is 6.94. The minimum absolute atomic E-state index is 0.0164. The SMILES string of the molecule is CC=O.CCc1sccc1C(C)(C)Cc1cc(N2CCC(N3CCC4=C(C=CC(O)C4)NC3=O)CC2)ncn1. The molecule has 39 heavy (non-hydrogen) atoms. The topological polar surface area (TPSA) is 98.7 Å². The van der Waals surface area contributed by atoms with Crippen LogP contribution in [0, 0.1) is 0 Å². The Morgan fingerprint density at radius 2 is 1.97 bits per heavy atom. The van der Waals surface area contributed by atoms with E-state index in [9.17, 15) is 9.90 Å². The molecule has 2 aromatic rings. The Morgan fingerprint density at radius 3 is 2.69 bits per heavy atom. The largest absolute Gasteiger partial charge is 0.389 e. The lowest BCUT2D eigenvalue weighted by molar-refractivity contribution is -0.106. The first kappa shape index (κ1) is 29.0. The molecule has 210 valence electrons. The number of aromatic nitrogens is 2. The highest BCUT2D eigenvalue weighted by atomic mass is 32.1. The van der Waals surface area contributed by atoms with Crippen molar-refractivity contribution in [3.05, 3.63) is 63.4 Å². The number of nitrogens with one attached hydrogen (secondary N) is 1. The van der Waals surface area contributed by atoms with Crippen molar-refractivity contribution in [2.24, 2.45) is 0 Å². The van der Waals surface area contributed by atoms with Gasteiger partial charge in [-0.05, 0) is 73.1 Å². The van der Waals surface area contributed by atoms with Crippen molar-refractivity contribution >= 4 is 29.5 Å². The molecule has 1 saturated heterocycles. The fraction of sp³-hybridized carbons (Fsp3) is 0.533. The van der Waals surface area contributed by atoms with Crippen molar-refractivity contribution in [3.8, 4) is 0 Å². The Bertz CT molecular complexity index is 1210. The van der Waals surface area contributed by atoms with Crippen LogP contribution in [0.5, 0.6) is 0 Å². The number of carbonyl (C=O) groups is 2. The fourth-order valence-electron chi connectivity index (χ4n) is 5.84. The number of hydrogen-bond donors (Lipinski definition) is 2. The van der Waals surface area contributed by atoms with E-state index >= 15 is 0 Å². The van der Waals surface area contributed by atoms with Crippen LogP contribution in [0.25, 0.3) is 0 Å². The second-order valence-electron chi connectivity index (χ2n) is 11.0. The molecule has 1 atom stereocenters. The van der Waals surface area contributed by atoms with Gasteiger partial charge in [-0.25, -0.2) is 14.8 Å². The Kier molecular flexibility index (Phi) is 9.56. The highest BCUT2D eigenvalue weighted by Gasteiger charge is 2.32. The van der Waals surface area contributed by atoms with E-state index in [1.54, 1.807) is 12.4 Å². The van der Waals surface area contributed by atoms with Crippen LogP contribution in [0.1, 0.15) is 69.5 Å². The lowest BCUT2D eigenvalue weighted by atomic mass is 9.80. The molecule has 4 heterocycles. The maximum atomic E-state index is 13.0. The van der Waals surface area contributed by atoms with Gasteiger partial charge in [0.2, 0.25) is 0 Å². The molecule has 5 rings (SSSR count). The zero-order chi connectivity index (χ0) is 28.0. The van der Waals surface area contributed by atoms with Gasteiger partial charge in [-0.15, -0.1) is 11.3 Å². The molecule has 8 nitrogen and oxygen atoms in total. The molecule has 3 aliphatic rings. The second kappa shape index (κ2) is 12.9. The number of thiophene rings is 1. The van der Waals surface area contributed by atoms with Gasteiger partial charge in [0.1, 0.15) is 18.4 Å². The van der Waals surface area contributed by atoms with Gasteiger partial charge in [0.05, 0.1) is 6.10 Å². The van der Waals surface area contributed by atoms with Crippen LogP contribution in [0.15, 0.2) is 47.3 Å². The molecule has 2 aliphatic heterocycles. The van der Waals surface area contributed by atoms with Crippen LogP contribution < -0.4 is 10.2 Å². The number of aliphatic hydroxyl groups is 1. The summed E-state index contributed by atoms with van der Waals surface area (Å²) in [5, 5.41) is 15.2. The van der Waals surface area contributed by atoms with Crippen LogP contribution in [-0.4, -0.2) is 64.1 Å². The summed E-state index contributed by atoms with van der Waals surface area (Å²) in [5.41, 5.74) is 4.52. The number of aldehydes is 1. The Hall–Kier alpha value is -3.04. The predicted molar refractivity (Wildman–Crippen MR) is 156 cm³/mol. The number of allylic oxidation sites excluding steroid dienone is 1. The van der Waals surface area contributed by atoms with Crippen LogP contribution in [0.2, 0.25) is 0 Å². The maximum absolute atomic E-state index is 13.0. The van der Waals surface area contributed by atoms with Gasteiger partial charge in [0, 0.05) is 54.4 Å². The number of aliphatic hydroxyl groups excluding tert-OH is 1. The minimum atomic E-state index is -0.447. The predicted octanol–water partition coefficient (Wildman–Crippen LogP) is 4.79. The van der Waals surface area contributed by atoms with E-state index in [-0.39, 0.29) is 17.5 Å². The molecule has 2 aromatic heterocycles. The molecule has 2 N–H and O–H groups in total. The lowest BCUT2D eigenvalue weighted by Gasteiger charge is -2.38. The molecule has 2 amide bonds. The average molecular weight is 552 g/mol. The number of anilines is 1. The molecule has 0 saturated carbocycles. The zero-order valence-corrected chi connectivity index (χ0v) is 24.3. The third-order valence-electron chi connectivity index (χ3n) is 7.84. The van der Waals surface area contributed by atoms with Crippen molar-refractivity contribution in [1.82, 2.24) is 20.2 Å². The van der Waals surface area contributed by atoms with Crippen LogP contribution >= 0.6 is 11.3 Å². The highest BCUT2D eigenvalue weighted by molar-refractivity contribution is 7.10. The summed E-state index contributed by atoms with van der Waals surface area (Å²) in [7, 11) is 0. The van der Waals surface area contributed by atoms with Gasteiger partial charge in [-0.2, -0.15) is 0 Å². The summed E-state index contributed by atoms with van der Waals surface area (Å²) in [5.74, 6) is 0.979. The van der Waals surface area contributed by atoms with Gasteiger partial charge in [0.15, 0.2) is 0 Å². The molecule has 1 fully saturated rings. The molecule has 0 bridgehead atoms. The normalized spacial score (nSPS) is 20.1. The average Bonchev–Trinajstić information content (AvgIpc) is 3.35. The highest BCUT2D eigenvalue weighted by Crippen LogP contribution is 2.34. The molecule has 0 aromatic carbocycles. The summed E-state index contributed by atoms with van der Waals surface area (Å²) >= 11 is 1.84. The standard InChI is InChI=1S/C28H37N5O2S.C2H4O/c1-4-25-23(10-14-36-25)28(2,3)17-20-16-26(30-18-29-20)32-11-8-21(9-12-32)33-13-7-19-15-22(34)5-6-24(19)31-27(33)35;1-2-3/h5-6,10,14,16,18,21-22,34H,4,7-9,11-13,15,17H2,1-3H3,(H,31,35);2H,1H3. The number of hydrogen-bond acceptors (Lipinski definition) is 7. The molecule has 1 aliphatic carbocycles. The van der Waals surface area contributed by atoms with E-state index in [1.165, 1.54) is 17.4 Å². The van der Waals surface area contributed by atoms with Crippen molar-refractivity contribution in [2.45, 2.75) is 83.8 Å². The summed E-state index contributed by atoms with van der Waals surface area (Å²) in [6, 6.07) is 4.60. The Morgan fingerprint density at radius 1 is 1.23 bits per heavy atom. The lowest BCUT2D eigenvalue weighted by Crippen LogP contribution is -2.50. The zero-order valence-electron chi connectivity index (χ0n) is 23.5. The number of nitrogens with zero attached hydrogens (tertiary/aromatic N) is 4. The van der Waals surface area contributed by atoms with Gasteiger partial charge in [-0.1, -0.05) is 26.8 Å². The quantitative estimate of drug-likeness (QED) is 0.501. The van der Waals surface area contributed by atoms with E-state index in [2.05, 4.69) is 58.5 Å². The summed E-state index contributed by atoms with van der Waals surface area (Å²) < 4.78 is 0. The first-order valence-electron chi connectivity index (χ1n) is 13.9. The first-order chi connectivity index (χ1) is 18.7. The van der Waals surface area contributed by atoms with Gasteiger partial charge >= 0.3 is 6.03 Å². The van der Waals surface area contributed by atoms with Crippen molar-refractivity contribution in [1.29, 1.82) is 0 Å². The Labute approximate surface area is 235 Å². The van der Waals surface area contributed by atoms with E-state index < -0.39 is 6.10 Å². The number of piperidine rings is 1. The van der Waals surface area contributed by atoms with Crippen LogP contribution in [0.3, 0.4) is 0 Å². The molecular formula is C30H41N5O3S. The van der Waals surface area contributed by atoms with E-state index in [4.69, 9.17) is 4.79 Å². The van der Waals surface area contributed by atoms with Gasteiger partial charge < -0.3 is 25.0 Å². The first-order valence-corrected chi connectivity index (χ1v) is 14.8. The molecule has 9 heteroatoms. The van der Waals surface area contributed by atoms with E-state index in [0.29, 0.717) is 13.0 Å². The number of rotatable bonds is 6. The molecular weight excluding hydrogens is 510 g/mol. The fourth-order valence-corrected chi connectivity index (χ4v) is 6.85. The maximum Gasteiger partial charge on any atom is 0.322 e. The molecule has 1 unspecified atom stereocenters. The van der Waals surface area contributed by atoms with Crippen LogP contribution in [0.4, 0.5) is 10.6 Å². The van der Waals surface area contributed by atoms with Crippen molar-refractivity contribution in [2.75, 3.05) is 24.5 Å². The van der Waals surface area contributed by atoms with Crippen molar-refractivity contribution < 1.29 is 14.7 Å². The van der Waals surface area contributed by atoms with E-state index in [1.807, 2.05) is 22.3 Å².